The monoisotopic (exact) mass is 281 g/mol. The van der Waals surface area contributed by atoms with Crippen molar-refractivity contribution in [3.63, 3.8) is 0 Å². The first kappa shape index (κ1) is 17.4. The first-order valence-electron chi connectivity index (χ1n) is 8.41. The number of halogens is 1. The zero-order valence-corrected chi connectivity index (χ0v) is 13.6. The zero-order valence-electron chi connectivity index (χ0n) is 13.6. The second-order valence-electron chi connectivity index (χ2n) is 5.95. The molecule has 0 aromatic rings. The van der Waals surface area contributed by atoms with E-state index in [1.54, 1.807) is 6.08 Å². The van der Waals surface area contributed by atoms with Crippen molar-refractivity contribution in [3.05, 3.63) is 23.6 Å². The summed E-state index contributed by atoms with van der Waals surface area (Å²) in [5, 5.41) is 3.59. The van der Waals surface area contributed by atoms with Crippen LogP contribution in [0.5, 0.6) is 0 Å². The van der Waals surface area contributed by atoms with Gasteiger partial charge in [-0.05, 0) is 52.0 Å². The quantitative estimate of drug-likeness (QED) is 0.467. The first-order valence-corrected chi connectivity index (χ1v) is 8.41. The minimum absolute atomic E-state index is 0.0807. The average molecular weight is 281 g/mol. The number of nitrogens with one attached hydrogen (secondary N) is 1. The van der Waals surface area contributed by atoms with Crippen LogP contribution in [0.2, 0.25) is 0 Å². The van der Waals surface area contributed by atoms with Crippen molar-refractivity contribution in [3.8, 4) is 0 Å². The van der Waals surface area contributed by atoms with Crippen molar-refractivity contribution in [2.45, 2.75) is 83.6 Å². The van der Waals surface area contributed by atoms with Gasteiger partial charge in [0.2, 0.25) is 0 Å². The summed E-state index contributed by atoms with van der Waals surface area (Å²) in [6.07, 6.45) is 14.7. The Kier molecular flexibility index (Phi) is 8.13. The van der Waals surface area contributed by atoms with Crippen molar-refractivity contribution in [2.24, 2.45) is 0 Å². The van der Waals surface area contributed by atoms with Gasteiger partial charge in [0.05, 0.1) is 5.83 Å². The molecule has 0 bridgehead atoms. The molecule has 0 aromatic heterocycles. The summed E-state index contributed by atoms with van der Waals surface area (Å²) in [5.41, 5.74) is 1.65. The minimum atomic E-state index is 0.0807. The summed E-state index contributed by atoms with van der Waals surface area (Å²) >= 11 is 0. The number of hydrogen-bond donors (Lipinski definition) is 1. The highest BCUT2D eigenvalue weighted by atomic mass is 19.1. The Balaban J connectivity index is 2.78. The molecule has 1 N–H and O–H groups in total. The Morgan fingerprint density at radius 3 is 2.55 bits per heavy atom. The highest BCUT2D eigenvalue weighted by molar-refractivity contribution is 5.21. The van der Waals surface area contributed by atoms with Crippen LogP contribution in [-0.4, -0.2) is 12.6 Å². The minimum Gasteiger partial charge on any atom is -0.311 e. The summed E-state index contributed by atoms with van der Waals surface area (Å²) in [5.74, 6) is 0.0807. The fraction of sp³-hybridized carbons (Fsp3) is 0.778. The van der Waals surface area contributed by atoms with Crippen LogP contribution in [0.1, 0.15) is 78.1 Å². The van der Waals surface area contributed by atoms with Crippen LogP contribution < -0.4 is 5.32 Å². The molecule has 20 heavy (non-hydrogen) atoms. The van der Waals surface area contributed by atoms with Crippen molar-refractivity contribution in [2.75, 3.05) is 7.05 Å². The molecule has 1 unspecified atom stereocenters. The summed E-state index contributed by atoms with van der Waals surface area (Å²) in [4.78, 5) is 0. The van der Waals surface area contributed by atoms with Gasteiger partial charge >= 0.3 is 0 Å². The molecule has 116 valence electrons. The Labute approximate surface area is 124 Å². The predicted molar refractivity (Wildman–Crippen MR) is 86.6 cm³/mol. The van der Waals surface area contributed by atoms with E-state index in [4.69, 9.17) is 0 Å². The number of hydrogen-bond acceptors (Lipinski definition) is 1. The molecule has 0 amide bonds. The molecule has 1 atom stereocenters. The molecule has 0 aromatic carbocycles. The van der Waals surface area contributed by atoms with Gasteiger partial charge in [-0.25, -0.2) is 4.39 Å². The molecular formula is C18H32FN. The molecule has 0 saturated carbocycles. The fourth-order valence-corrected chi connectivity index (χ4v) is 3.29. The Hall–Kier alpha value is -0.630. The third-order valence-electron chi connectivity index (χ3n) is 4.69. The molecule has 0 spiro atoms. The van der Waals surface area contributed by atoms with Gasteiger partial charge in [-0.2, -0.15) is 0 Å². The fourth-order valence-electron chi connectivity index (χ4n) is 3.29. The van der Waals surface area contributed by atoms with E-state index in [0.717, 1.165) is 32.1 Å². The van der Waals surface area contributed by atoms with E-state index in [-0.39, 0.29) is 11.4 Å². The second-order valence-corrected chi connectivity index (χ2v) is 5.95. The van der Waals surface area contributed by atoms with Crippen molar-refractivity contribution >= 4 is 0 Å². The molecule has 0 heterocycles. The largest absolute Gasteiger partial charge is 0.311 e. The van der Waals surface area contributed by atoms with E-state index >= 15 is 0 Å². The van der Waals surface area contributed by atoms with E-state index < -0.39 is 0 Å². The molecular weight excluding hydrogens is 249 g/mol. The predicted octanol–water partition coefficient (Wildman–Crippen LogP) is 5.68. The molecule has 0 saturated heterocycles. The van der Waals surface area contributed by atoms with Crippen molar-refractivity contribution in [1.29, 1.82) is 0 Å². The molecule has 0 fully saturated rings. The third kappa shape index (κ3) is 5.05. The molecule has 1 aliphatic carbocycles. The molecule has 1 nitrogen and oxygen atoms in total. The van der Waals surface area contributed by atoms with E-state index in [1.165, 1.54) is 31.3 Å². The third-order valence-corrected chi connectivity index (χ3v) is 4.69. The lowest BCUT2D eigenvalue weighted by molar-refractivity contribution is 0.343. The van der Waals surface area contributed by atoms with Gasteiger partial charge in [0, 0.05) is 5.54 Å². The van der Waals surface area contributed by atoms with Crippen LogP contribution in [0.15, 0.2) is 23.6 Å². The first-order chi connectivity index (χ1) is 9.68. The summed E-state index contributed by atoms with van der Waals surface area (Å²) < 4.78 is 13.5. The van der Waals surface area contributed by atoms with Crippen molar-refractivity contribution < 1.29 is 4.39 Å². The van der Waals surface area contributed by atoms with E-state index in [0.29, 0.717) is 6.42 Å². The van der Waals surface area contributed by atoms with Crippen LogP contribution in [0, 0.1) is 0 Å². The van der Waals surface area contributed by atoms with Gasteiger partial charge < -0.3 is 5.32 Å². The van der Waals surface area contributed by atoms with Crippen LogP contribution in [0.25, 0.3) is 0 Å². The van der Waals surface area contributed by atoms with Crippen molar-refractivity contribution in [1.82, 2.24) is 5.32 Å². The molecule has 2 heteroatoms. The maximum Gasteiger partial charge on any atom is 0.0960 e. The van der Waals surface area contributed by atoms with Crippen LogP contribution >= 0.6 is 0 Å². The van der Waals surface area contributed by atoms with Crippen LogP contribution in [-0.2, 0) is 0 Å². The maximum absolute atomic E-state index is 13.5. The number of rotatable bonds is 7. The topological polar surface area (TPSA) is 12.0 Å². The lowest BCUT2D eigenvalue weighted by Crippen LogP contribution is -2.44. The zero-order chi connectivity index (χ0) is 14.8. The van der Waals surface area contributed by atoms with Gasteiger partial charge in [-0.1, -0.05) is 50.8 Å². The van der Waals surface area contributed by atoms with E-state index in [1.807, 2.05) is 0 Å². The lowest BCUT2D eigenvalue weighted by atomic mass is 9.79. The number of likely N-dealkylation sites (N-methyl/N-ethyl adjacent to an activating group) is 1. The average Bonchev–Trinajstić information content (AvgIpc) is 2.57. The SMILES string of the molecule is CCCCCC(CC)(NC)C1=CCC/C=C(/F)CCC1. The number of allylic oxidation sites excluding steroid dienone is 3. The summed E-state index contributed by atoms with van der Waals surface area (Å²) in [6, 6.07) is 0. The van der Waals surface area contributed by atoms with Crippen LogP contribution in [0.4, 0.5) is 4.39 Å². The Morgan fingerprint density at radius 2 is 1.90 bits per heavy atom. The molecule has 1 aliphatic rings. The lowest BCUT2D eigenvalue weighted by Gasteiger charge is -2.36. The van der Waals surface area contributed by atoms with Crippen LogP contribution in [0.3, 0.4) is 0 Å². The van der Waals surface area contributed by atoms with Gasteiger partial charge in [0.15, 0.2) is 0 Å². The second kappa shape index (κ2) is 9.33. The summed E-state index contributed by atoms with van der Waals surface area (Å²) in [7, 11) is 2.09. The highest BCUT2D eigenvalue weighted by Gasteiger charge is 2.29. The maximum atomic E-state index is 13.5. The smallest absolute Gasteiger partial charge is 0.0960 e. The van der Waals surface area contributed by atoms with Gasteiger partial charge in [0.25, 0.3) is 0 Å². The Morgan fingerprint density at radius 1 is 1.15 bits per heavy atom. The van der Waals surface area contributed by atoms with Gasteiger partial charge in [-0.15, -0.1) is 0 Å². The normalized spacial score (nSPS) is 22.8. The Bertz CT molecular complexity index is 326. The summed E-state index contributed by atoms with van der Waals surface area (Å²) in [6.45, 7) is 4.52. The van der Waals surface area contributed by atoms with E-state index in [2.05, 4.69) is 32.3 Å². The number of unbranched alkanes of at least 4 members (excludes halogenated alkanes) is 2. The van der Waals surface area contributed by atoms with Gasteiger partial charge in [0.1, 0.15) is 0 Å². The molecule has 0 radical (unpaired) electrons. The van der Waals surface area contributed by atoms with E-state index in [9.17, 15) is 4.39 Å². The molecule has 0 aliphatic heterocycles. The highest BCUT2D eigenvalue weighted by Crippen LogP contribution is 2.32. The molecule has 1 rings (SSSR count). The standard InChI is InChI=1S/C18H32FN/c1-4-6-9-15-18(5-2,20-3)16-11-7-8-13-17(19)14-10-12-16/h11,13,20H,4-10,12,14-15H2,1-3H3/b16-11?,17-13+. The van der Waals surface area contributed by atoms with Gasteiger partial charge in [-0.3, -0.25) is 0 Å².